The lowest BCUT2D eigenvalue weighted by atomic mass is 10.00. The average molecular weight is 229 g/mol. The van der Waals surface area contributed by atoms with Crippen molar-refractivity contribution < 1.29 is 0 Å². The molecule has 3 rings (SSSR count). The standard InChI is InChI=1S/C12H15N5/c1-7(13)11-15-16-12-10-6-9(14)3-2-8(10)4-5-17(11)12/h2-3,6-7H,4-5,13-14H2,1H3. The van der Waals surface area contributed by atoms with Gasteiger partial charge in [0.15, 0.2) is 5.82 Å². The minimum Gasteiger partial charge on any atom is -0.399 e. The van der Waals surface area contributed by atoms with Crippen molar-refractivity contribution in [2.24, 2.45) is 5.73 Å². The third-order valence-electron chi connectivity index (χ3n) is 3.17. The number of hydrogen-bond acceptors (Lipinski definition) is 4. The zero-order valence-electron chi connectivity index (χ0n) is 9.72. The minimum absolute atomic E-state index is 0.0983. The molecule has 1 aliphatic heterocycles. The topological polar surface area (TPSA) is 82.8 Å². The van der Waals surface area contributed by atoms with Crippen LogP contribution in [0.1, 0.15) is 24.4 Å². The van der Waals surface area contributed by atoms with Crippen LogP contribution >= 0.6 is 0 Å². The summed E-state index contributed by atoms with van der Waals surface area (Å²) >= 11 is 0. The summed E-state index contributed by atoms with van der Waals surface area (Å²) in [5.41, 5.74) is 14.8. The van der Waals surface area contributed by atoms with Crippen LogP contribution in [-0.4, -0.2) is 14.8 Å². The van der Waals surface area contributed by atoms with E-state index in [1.807, 2.05) is 19.1 Å². The molecule has 0 fully saturated rings. The molecule has 5 nitrogen and oxygen atoms in total. The van der Waals surface area contributed by atoms with Crippen LogP contribution in [0.3, 0.4) is 0 Å². The van der Waals surface area contributed by atoms with Crippen LogP contribution in [0.25, 0.3) is 11.4 Å². The van der Waals surface area contributed by atoms with E-state index in [-0.39, 0.29) is 6.04 Å². The fourth-order valence-electron chi connectivity index (χ4n) is 2.32. The van der Waals surface area contributed by atoms with E-state index in [1.165, 1.54) is 5.56 Å². The summed E-state index contributed by atoms with van der Waals surface area (Å²) in [5, 5.41) is 8.41. The molecule has 0 bridgehead atoms. The first-order valence-electron chi connectivity index (χ1n) is 5.74. The Morgan fingerprint density at radius 1 is 1.35 bits per heavy atom. The average Bonchev–Trinajstić information content (AvgIpc) is 2.72. The molecule has 0 amide bonds. The van der Waals surface area contributed by atoms with Gasteiger partial charge in [-0.3, -0.25) is 0 Å². The Balaban J connectivity index is 2.20. The van der Waals surface area contributed by atoms with Crippen molar-refractivity contribution in [3.8, 4) is 11.4 Å². The number of nitrogens with zero attached hydrogens (tertiary/aromatic N) is 3. The first kappa shape index (κ1) is 10.3. The van der Waals surface area contributed by atoms with Crippen molar-refractivity contribution in [3.05, 3.63) is 29.6 Å². The predicted molar refractivity (Wildman–Crippen MR) is 66.2 cm³/mol. The summed E-state index contributed by atoms with van der Waals surface area (Å²) < 4.78 is 2.09. The number of aromatic nitrogens is 3. The largest absolute Gasteiger partial charge is 0.399 e. The molecule has 1 aromatic carbocycles. The normalized spacial score (nSPS) is 15.2. The Morgan fingerprint density at radius 3 is 2.94 bits per heavy atom. The van der Waals surface area contributed by atoms with E-state index in [0.717, 1.165) is 35.9 Å². The highest BCUT2D eigenvalue weighted by Gasteiger charge is 2.22. The molecule has 0 spiro atoms. The third-order valence-corrected chi connectivity index (χ3v) is 3.17. The van der Waals surface area contributed by atoms with Gasteiger partial charge >= 0.3 is 0 Å². The van der Waals surface area contributed by atoms with Crippen LogP contribution in [0.2, 0.25) is 0 Å². The van der Waals surface area contributed by atoms with Crippen LogP contribution in [0, 0.1) is 0 Å². The number of anilines is 1. The lowest BCUT2D eigenvalue weighted by Crippen LogP contribution is -2.18. The van der Waals surface area contributed by atoms with E-state index in [4.69, 9.17) is 11.5 Å². The summed E-state index contributed by atoms with van der Waals surface area (Å²) in [6.07, 6.45) is 0.973. The fourth-order valence-corrected chi connectivity index (χ4v) is 2.32. The molecule has 1 unspecified atom stereocenters. The Kier molecular flexibility index (Phi) is 2.16. The lowest BCUT2D eigenvalue weighted by Gasteiger charge is -2.19. The maximum absolute atomic E-state index is 5.88. The maximum atomic E-state index is 5.88. The van der Waals surface area contributed by atoms with Gasteiger partial charge in [-0.05, 0) is 31.0 Å². The second-order valence-corrected chi connectivity index (χ2v) is 4.49. The van der Waals surface area contributed by atoms with E-state index >= 15 is 0 Å². The van der Waals surface area contributed by atoms with E-state index in [9.17, 15) is 0 Å². The van der Waals surface area contributed by atoms with Gasteiger partial charge in [0, 0.05) is 17.8 Å². The van der Waals surface area contributed by atoms with E-state index in [0.29, 0.717) is 0 Å². The van der Waals surface area contributed by atoms with Crippen LogP contribution < -0.4 is 11.5 Å². The zero-order valence-corrected chi connectivity index (χ0v) is 9.72. The van der Waals surface area contributed by atoms with Crippen molar-refractivity contribution in [2.45, 2.75) is 25.9 Å². The van der Waals surface area contributed by atoms with Gasteiger partial charge in [-0.15, -0.1) is 10.2 Å². The number of hydrogen-bond donors (Lipinski definition) is 2. The number of fused-ring (bicyclic) bond motifs is 3. The van der Waals surface area contributed by atoms with Crippen LogP contribution in [-0.2, 0) is 13.0 Å². The zero-order chi connectivity index (χ0) is 12.0. The van der Waals surface area contributed by atoms with Gasteiger partial charge in [-0.25, -0.2) is 0 Å². The summed E-state index contributed by atoms with van der Waals surface area (Å²) in [4.78, 5) is 0. The second-order valence-electron chi connectivity index (χ2n) is 4.49. The molecule has 0 saturated heterocycles. The molecule has 17 heavy (non-hydrogen) atoms. The Hall–Kier alpha value is -1.88. The van der Waals surface area contributed by atoms with Crippen molar-refractivity contribution >= 4 is 5.69 Å². The molecule has 2 heterocycles. The summed E-state index contributed by atoms with van der Waals surface area (Å²) in [6, 6.07) is 5.85. The van der Waals surface area contributed by atoms with Crippen molar-refractivity contribution in [2.75, 3.05) is 5.73 Å². The Labute approximate surface area is 99.4 Å². The van der Waals surface area contributed by atoms with Gasteiger partial charge in [0.1, 0.15) is 5.82 Å². The molecule has 1 atom stereocenters. The molecule has 0 aliphatic carbocycles. The van der Waals surface area contributed by atoms with Crippen LogP contribution in [0.4, 0.5) is 5.69 Å². The first-order valence-corrected chi connectivity index (χ1v) is 5.74. The highest BCUT2D eigenvalue weighted by molar-refractivity contribution is 5.67. The van der Waals surface area contributed by atoms with Crippen LogP contribution in [0.15, 0.2) is 18.2 Å². The molecule has 1 aliphatic rings. The second kappa shape index (κ2) is 3.56. The Bertz CT molecular complexity index is 570. The smallest absolute Gasteiger partial charge is 0.164 e. The lowest BCUT2D eigenvalue weighted by molar-refractivity contribution is 0.603. The van der Waals surface area contributed by atoms with E-state index in [2.05, 4.69) is 20.8 Å². The van der Waals surface area contributed by atoms with Gasteiger partial charge < -0.3 is 16.0 Å². The number of benzene rings is 1. The summed E-state index contributed by atoms with van der Waals surface area (Å²) in [7, 11) is 0. The highest BCUT2D eigenvalue weighted by atomic mass is 15.3. The molecule has 88 valence electrons. The molecule has 5 heteroatoms. The molecular formula is C12H15N5. The number of nitrogen functional groups attached to an aromatic ring is 1. The molecule has 0 radical (unpaired) electrons. The van der Waals surface area contributed by atoms with Gasteiger partial charge in [0.25, 0.3) is 0 Å². The number of rotatable bonds is 1. The van der Waals surface area contributed by atoms with Gasteiger partial charge in [0.2, 0.25) is 0 Å². The van der Waals surface area contributed by atoms with Crippen molar-refractivity contribution in [1.82, 2.24) is 14.8 Å². The third kappa shape index (κ3) is 1.51. The molecule has 4 N–H and O–H groups in total. The number of nitrogens with two attached hydrogens (primary N) is 2. The summed E-state index contributed by atoms with van der Waals surface area (Å²) in [6.45, 7) is 2.81. The van der Waals surface area contributed by atoms with E-state index < -0.39 is 0 Å². The quantitative estimate of drug-likeness (QED) is 0.717. The highest BCUT2D eigenvalue weighted by Crippen LogP contribution is 2.30. The Morgan fingerprint density at radius 2 is 2.18 bits per heavy atom. The summed E-state index contributed by atoms with van der Waals surface area (Å²) in [5.74, 6) is 1.72. The van der Waals surface area contributed by atoms with E-state index in [1.54, 1.807) is 0 Å². The molecule has 1 aromatic heterocycles. The SMILES string of the molecule is CC(N)c1nnc2n1CCc1ccc(N)cc1-2. The van der Waals surface area contributed by atoms with Crippen LogP contribution in [0.5, 0.6) is 0 Å². The monoisotopic (exact) mass is 229 g/mol. The van der Waals surface area contributed by atoms with Gasteiger partial charge in [-0.1, -0.05) is 6.07 Å². The minimum atomic E-state index is -0.0983. The van der Waals surface area contributed by atoms with Crippen molar-refractivity contribution in [1.29, 1.82) is 0 Å². The first-order chi connectivity index (χ1) is 8.16. The van der Waals surface area contributed by atoms with Gasteiger partial charge in [0.05, 0.1) is 6.04 Å². The molecular weight excluding hydrogens is 214 g/mol. The fraction of sp³-hybridized carbons (Fsp3) is 0.333. The maximum Gasteiger partial charge on any atom is 0.164 e. The van der Waals surface area contributed by atoms with Gasteiger partial charge in [-0.2, -0.15) is 0 Å². The predicted octanol–water partition coefficient (Wildman–Crippen LogP) is 1.10. The van der Waals surface area contributed by atoms with Crippen molar-refractivity contribution in [3.63, 3.8) is 0 Å². The molecule has 2 aromatic rings. The number of aryl methyl sites for hydroxylation is 1. The molecule has 0 saturated carbocycles.